The Labute approximate surface area is 128 Å². The van der Waals surface area contributed by atoms with Crippen molar-refractivity contribution >= 4 is 17.7 Å². The smallest absolute Gasteiger partial charge is 0.276 e. The number of nitrogens with one attached hydrogen (secondary N) is 2. The van der Waals surface area contributed by atoms with Gasteiger partial charge in [0.15, 0.2) is 6.61 Å². The number of rotatable bonds is 5. The highest BCUT2D eigenvalue weighted by atomic mass is 16.5. The monoisotopic (exact) mass is 305 g/mol. The number of ether oxygens (including phenoxy) is 1. The summed E-state index contributed by atoms with van der Waals surface area (Å²) in [4.78, 5) is 36.1. The van der Waals surface area contributed by atoms with Crippen molar-refractivity contribution in [1.82, 2.24) is 15.8 Å². The van der Waals surface area contributed by atoms with Crippen molar-refractivity contribution in [2.45, 2.75) is 19.8 Å². The number of para-hydroxylation sites is 1. The van der Waals surface area contributed by atoms with E-state index in [4.69, 9.17) is 4.74 Å². The quantitative estimate of drug-likeness (QED) is 0.758. The molecule has 0 atom stereocenters. The molecule has 0 aromatic heterocycles. The Balaban J connectivity index is 1.68. The number of nitrogens with zero attached hydrogens (tertiary/aromatic N) is 1. The first kappa shape index (κ1) is 15.8. The maximum atomic E-state index is 11.6. The van der Waals surface area contributed by atoms with E-state index in [0.717, 1.165) is 12.0 Å². The van der Waals surface area contributed by atoms with E-state index < -0.39 is 11.8 Å². The van der Waals surface area contributed by atoms with Gasteiger partial charge in [-0.2, -0.15) is 0 Å². The van der Waals surface area contributed by atoms with Crippen LogP contribution in [0.3, 0.4) is 0 Å². The first-order valence-electron chi connectivity index (χ1n) is 7.10. The van der Waals surface area contributed by atoms with Crippen molar-refractivity contribution in [2.75, 3.05) is 19.7 Å². The molecule has 22 heavy (non-hydrogen) atoms. The van der Waals surface area contributed by atoms with Gasteiger partial charge in [0, 0.05) is 13.0 Å². The number of aryl methyl sites for hydroxylation is 1. The van der Waals surface area contributed by atoms with Gasteiger partial charge in [0.2, 0.25) is 5.91 Å². The zero-order valence-electron chi connectivity index (χ0n) is 12.4. The van der Waals surface area contributed by atoms with Gasteiger partial charge < -0.3 is 9.64 Å². The van der Waals surface area contributed by atoms with Gasteiger partial charge >= 0.3 is 0 Å². The molecule has 0 radical (unpaired) electrons. The van der Waals surface area contributed by atoms with Crippen LogP contribution in [0.25, 0.3) is 0 Å². The van der Waals surface area contributed by atoms with Crippen LogP contribution in [0, 0.1) is 6.92 Å². The van der Waals surface area contributed by atoms with Gasteiger partial charge in [-0.15, -0.1) is 0 Å². The average Bonchev–Trinajstić information content (AvgIpc) is 2.89. The highest BCUT2D eigenvalue weighted by Gasteiger charge is 2.22. The van der Waals surface area contributed by atoms with E-state index in [1.54, 1.807) is 6.07 Å². The zero-order chi connectivity index (χ0) is 15.9. The molecule has 2 rings (SSSR count). The molecule has 1 aromatic carbocycles. The third-order valence-corrected chi connectivity index (χ3v) is 3.30. The Bertz CT molecular complexity index is 574. The minimum Gasteiger partial charge on any atom is -0.483 e. The number of benzene rings is 1. The second-order valence-corrected chi connectivity index (χ2v) is 5.07. The van der Waals surface area contributed by atoms with Gasteiger partial charge in [-0.3, -0.25) is 25.2 Å². The number of hydrogen-bond acceptors (Lipinski definition) is 4. The third-order valence-electron chi connectivity index (χ3n) is 3.30. The summed E-state index contributed by atoms with van der Waals surface area (Å²) in [6, 6.07) is 7.33. The number of likely N-dealkylation sites (tertiary alicyclic amines) is 1. The van der Waals surface area contributed by atoms with Crippen LogP contribution in [-0.4, -0.2) is 42.3 Å². The number of carbonyl (C=O) groups is 3. The standard InChI is InChI=1S/C15H19N3O4/c1-11-5-2-3-6-12(11)22-10-14(20)17-16-13(19)9-18-8-4-7-15(18)21/h2-3,5-6H,4,7-10H2,1H3,(H,16,19)(H,17,20). The van der Waals surface area contributed by atoms with Crippen LogP contribution in [-0.2, 0) is 14.4 Å². The van der Waals surface area contributed by atoms with Crippen LogP contribution in [0.1, 0.15) is 18.4 Å². The summed E-state index contributed by atoms with van der Waals surface area (Å²) in [5.41, 5.74) is 5.45. The van der Waals surface area contributed by atoms with Gasteiger partial charge in [-0.1, -0.05) is 18.2 Å². The molecule has 1 aliphatic rings. The largest absolute Gasteiger partial charge is 0.483 e. The Kier molecular flexibility index (Phi) is 5.35. The lowest BCUT2D eigenvalue weighted by atomic mass is 10.2. The molecule has 0 unspecified atom stereocenters. The third kappa shape index (κ3) is 4.47. The average molecular weight is 305 g/mol. The Hall–Kier alpha value is -2.57. The summed E-state index contributed by atoms with van der Waals surface area (Å²) >= 11 is 0. The summed E-state index contributed by atoms with van der Waals surface area (Å²) < 4.78 is 5.35. The van der Waals surface area contributed by atoms with Crippen LogP contribution < -0.4 is 15.6 Å². The van der Waals surface area contributed by atoms with Crippen molar-refractivity contribution in [2.24, 2.45) is 0 Å². The van der Waals surface area contributed by atoms with Gasteiger partial charge in [0.25, 0.3) is 11.8 Å². The SMILES string of the molecule is Cc1ccccc1OCC(=O)NNC(=O)CN1CCCC1=O. The second-order valence-electron chi connectivity index (χ2n) is 5.07. The summed E-state index contributed by atoms with van der Waals surface area (Å²) in [5.74, 6) is -0.320. The van der Waals surface area contributed by atoms with E-state index in [9.17, 15) is 14.4 Å². The lowest BCUT2D eigenvalue weighted by Gasteiger charge is -2.15. The second kappa shape index (κ2) is 7.44. The molecule has 3 amide bonds. The van der Waals surface area contributed by atoms with Crippen molar-refractivity contribution in [3.63, 3.8) is 0 Å². The molecular weight excluding hydrogens is 286 g/mol. The van der Waals surface area contributed by atoms with Crippen molar-refractivity contribution in [1.29, 1.82) is 0 Å². The summed E-state index contributed by atoms with van der Waals surface area (Å²) in [6.07, 6.45) is 1.24. The minimum absolute atomic E-state index is 0.0376. The summed E-state index contributed by atoms with van der Waals surface area (Å²) in [6.45, 7) is 2.21. The lowest BCUT2D eigenvalue weighted by molar-refractivity contribution is -0.134. The van der Waals surface area contributed by atoms with Gasteiger partial charge in [-0.25, -0.2) is 0 Å². The number of amides is 3. The van der Waals surface area contributed by atoms with E-state index in [1.165, 1.54) is 4.90 Å². The van der Waals surface area contributed by atoms with Crippen molar-refractivity contribution in [3.05, 3.63) is 29.8 Å². The minimum atomic E-state index is -0.468. The first-order valence-corrected chi connectivity index (χ1v) is 7.10. The molecule has 2 N–H and O–H groups in total. The topological polar surface area (TPSA) is 87.7 Å². The fraction of sp³-hybridized carbons (Fsp3) is 0.400. The van der Waals surface area contributed by atoms with E-state index in [0.29, 0.717) is 18.7 Å². The maximum Gasteiger partial charge on any atom is 0.276 e. The van der Waals surface area contributed by atoms with Crippen LogP contribution in [0.15, 0.2) is 24.3 Å². The van der Waals surface area contributed by atoms with E-state index in [-0.39, 0.29) is 19.1 Å². The predicted octanol–water partition coefficient (Wildman–Crippen LogP) is 0.144. The van der Waals surface area contributed by atoms with Gasteiger partial charge in [-0.05, 0) is 25.0 Å². The fourth-order valence-electron chi connectivity index (χ4n) is 2.12. The predicted molar refractivity (Wildman–Crippen MR) is 78.8 cm³/mol. The van der Waals surface area contributed by atoms with Crippen molar-refractivity contribution < 1.29 is 19.1 Å². The highest BCUT2D eigenvalue weighted by molar-refractivity contribution is 5.87. The molecule has 1 aromatic rings. The molecule has 0 saturated carbocycles. The van der Waals surface area contributed by atoms with Crippen LogP contribution in [0.4, 0.5) is 0 Å². The fourth-order valence-corrected chi connectivity index (χ4v) is 2.12. The number of hydrogen-bond donors (Lipinski definition) is 2. The highest BCUT2D eigenvalue weighted by Crippen LogP contribution is 2.15. The molecule has 1 heterocycles. The normalized spacial score (nSPS) is 13.9. The molecule has 0 bridgehead atoms. The molecular formula is C15H19N3O4. The molecule has 7 nitrogen and oxygen atoms in total. The van der Waals surface area contributed by atoms with Crippen LogP contribution in [0.5, 0.6) is 5.75 Å². The molecule has 7 heteroatoms. The van der Waals surface area contributed by atoms with Gasteiger partial charge in [0.1, 0.15) is 12.3 Å². The van der Waals surface area contributed by atoms with E-state index >= 15 is 0 Å². The van der Waals surface area contributed by atoms with E-state index in [2.05, 4.69) is 10.9 Å². The zero-order valence-corrected chi connectivity index (χ0v) is 12.4. The van der Waals surface area contributed by atoms with E-state index in [1.807, 2.05) is 25.1 Å². The number of carbonyl (C=O) groups excluding carboxylic acids is 3. The van der Waals surface area contributed by atoms with Crippen LogP contribution in [0.2, 0.25) is 0 Å². The molecule has 118 valence electrons. The number of hydrazine groups is 1. The summed E-state index contributed by atoms with van der Waals surface area (Å²) in [5, 5.41) is 0. The molecule has 1 fully saturated rings. The lowest BCUT2D eigenvalue weighted by Crippen LogP contribution is -2.48. The van der Waals surface area contributed by atoms with Crippen LogP contribution >= 0.6 is 0 Å². The molecule has 1 aliphatic heterocycles. The first-order chi connectivity index (χ1) is 10.6. The Morgan fingerprint density at radius 2 is 1.95 bits per heavy atom. The molecule has 0 spiro atoms. The summed E-state index contributed by atoms with van der Waals surface area (Å²) in [7, 11) is 0. The van der Waals surface area contributed by atoms with Gasteiger partial charge in [0.05, 0.1) is 0 Å². The Morgan fingerprint density at radius 3 is 2.64 bits per heavy atom. The molecule has 0 aliphatic carbocycles. The molecule has 1 saturated heterocycles. The Morgan fingerprint density at radius 1 is 1.23 bits per heavy atom. The van der Waals surface area contributed by atoms with Crippen molar-refractivity contribution in [3.8, 4) is 5.75 Å². The maximum absolute atomic E-state index is 11.6.